The van der Waals surface area contributed by atoms with Gasteiger partial charge in [-0.2, -0.15) is 0 Å². The molecule has 68 valence electrons. The largest absolute Gasteiger partial charge is 0.469 e. The van der Waals surface area contributed by atoms with E-state index in [-0.39, 0.29) is 17.7 Å². The molecule has 2 atom stereocenters. The molecule has 0 aromatic rings. The topological polar surface area (TPSA) is 43.4 Å². The van der Waals surface area contributed by atoms with Crippen LogP contribution in [0.15, 0.2) is 0 Å². The second kappa shape index (κ2) is 3.70. The smallest absolute Gasteiger partial charge is 0.309 e. The van der Waals surface area contributed by atoms with Crippen molar-refractivity contribution in [1.82, 2.24) is 0 Å². The molecule has 1 saturated carbocycles. The number of carbonyl (C=O) groups excluding carboxylic acids is 2. The summed E-state index contributed by atoms with van der Waals surface area (Å²) in [5.74, 6) is 0.0839. The maximum atomic E-state index is 11.1. The Labute approximate surface area is 72.1 Å². The highest BCUT2D eigenvalue weighted by molar-refractivity contribution is 5.85. The third-order valence-corrected chi connectivity index (χ3v) is 2.27. The lowest BCUT2D eigenvalue weighted by Gasteiger charge is -2.23. The molecule has 0 bridgehead atoms. The van der Waals surface area contributed by atoms with Crippen LogP contribution >= 0.6 is 0 Å². The second-order valence-corrected chi connectivity index (χ2v) is 3.51. The van der Waals surface area contributed by atoms with Gasteiger partial charge in [0.25, 0.3) is 0 Å². The summed E-state index contributed by atoms with van der Waals surface area (Å²) in [6, 6.07) is 0. The fourth-order valence-corrected chi connectivity index (χ4v) is 1.75. The molecule has 12 heavy (non-hydrogen) atoms. The van der Waals surface area contributed by atoms with Gasteiger partial charge in [-0.25, -0.2) is 0 Å². The number of esters is 1. The molecule has 3 nitrogen and oxygen atoms in total. The predicted molar refractivity (Wildman–Crippen MR) is 43.5 cm³/mol. The first-order valence-electron chi connectivity index (χ1n) is 4.23. The van der Waals surface area contributed by atoms with Crippen molar-refractivity contribution in [3.8, 4) is 0 Å². The van der Waals surface area contributed by atoms with Crippen molar-refractivity contribution in [2.24, 2.45) is 11.8 Å². The summed E-state index contributed by atoms with van der Waals surface area (Å²) < 4.78 is 4.60. The summed E-state index contributed by atoms with van der Waals surface area (Å²) in [5, 5.41) is 0. The molecule has 0 saturated heterocycles. The SMILES string of the molecule is COC(=O)[C@@H]1CC(=O)C[C@H](C)C1. The molecule has 1 rings (SSSR count). The molecule has 0 radical (unpaired) electrons. The maximum Gasteiger partial charge on any atom is 0.309 e. The number of Topliss-reactive ketones (excluding diaryl/α,β-unsaturated/α-hetero) is 1. The van der Waals surface area contributed by atoms with E-state index in [1.54, 1.807) is 0 Å². The van der Waals surface area contributed by atoms with E-state index in [9.17, 15) is 9.59 Å². The number of methoxy groups -OCH3 is 1. The minimum atomic E-state index is -0.241. The van der Waals surface area contributed by atoms with Crippen molar-refractivity contribution in [2.75, 3.05) is 7.11 Å². The van der Waals surface area contributed by atoms with Crippen molar-refractivity contribution in [2.45, 2.75) is 26.2 Å². The standard InChI is InChI=1S/C9H14O3/c1-6-3-7(9(11)12-2)5-8(10)4-6/h6-7H,3-5H2,1-2H3/t6-,7+/m1/s1. The second-order valence-electron chi connectivity index (χ2n) is 3.51. The molecule has 0 N–H and O–H groups in total. The van der Waals surface area contributed by atoms with Gasteiger partial charge in [-0.15, -0.1) is 0 Å². The molecular formula is C9H14O3. The number of ketones is 1. The van der Waals surface area contributed by atoms with Crippen LogP contribution in [0.5, 0.6) is 0 Å². The van der Waals surface area contributed by atoms with Crippen molar-refractivity contribution >= 4 is 11.8 Å². The van der Waals surface area contributed by atoms with E-state index in [0.717, 1.165) is 6.42 Å². The zero-order valence-corrected chi connectivity index (χ0v) is 7.50. The van der Waals surface area contributed by atoms with E-state index in [0.29, 0.717) is 18.8 Å². The summed E-state index contributed by atoms with van der Waals surface area (Å²) in [5.41, 5.74) is 0. The fourth-order valence-electron chi connectivity index (χ4n) is 1.75. The van der Waals surface area contributed by atoms with E-state index in [4.69, 9.17) is 0 Å². The quantitative estimate of drug-likeness (QED) is 0.555. The highest BCUT2D eigenvalue weighted by Crippen LogP contribution is 2.26. The van der Waals surface area contributed by atoms with Crippen LogP contribution in [-0.2, 0) is 14.3 Å². The minimum absolute atomic E-state index is 0.184. The van der Waals surface area contributed by atoms with Crippen LogP contribution in [0.2, 0.25) is 0 Å². The Kier molecular flexibility index (Phi) is 2.84. The monoisotopic (exact) mass is 170 g/mol. The lowest BCUT2D eigenvalue weighted by Crippen LogP contribution is -2.27. The average Bonchev–Trinajstić information content (AvgIpc) is 2.01. The van der Waals surface area contributed by atoms with Crippen LogP contribution in [0.4, 0.5) is 0 Å². The van der Waals surface area contributed by atoms with Crippen molar-refractivity contribution in [3.63, 3.8) is 0 Å². The predicted octanol–water partition coefficient (Wildman–Crippen LogP) is 1.16. The van der Waals surface area contributed by atoms with Gasteiger partial charge in [0.15, 0.2) is 0 Å². The van der Waals surface area contributed by atoms with Crippen molar-refractivity contribution in [3.05, 3.63) is 0 Å². The third kappa shape index (κ3) is 2.06. The molecular weight excluding hydrogens is 156 g/mol. The molecule has 1 aliphatic carbocycles. The zero-order valence-electron chi connectivity index (χ0n) is 7.50. The number of hydrogen-bond acceptors (Lipinski definition) is 3. The van der Waals surface area contributed by atoms with Gasteiger partial charge in [-0.3, -0.25) is 9.59 Å². The molecule has 0 amide bonds. The van der Waals surface area contributed by atoms with Crippen LogP contribution in [-0.4, -0.2) is 18.9 Å². The van der Waals surface area contributed by atoms with Gasteiger partial charge in [-0.05, 0) is 12.3 Å². The molecule has 0 heterocycles. The highest BCUT2D eigenvalue weighted by atomic mass is 16.5. The molecule has 3 heteroatoms. The van der Waals surface area contributed by atoms with Gasteiger partial charge in [0.2, 0.25) is 0 Å². The van der Waals surface area contributed by atoms with Crippen molar-refractivity contribution in [1.29, 1.82) is 0 Å². The van der Waals surface area contributed by atoms with Gasteiger partial charge in [0.1, 0.15) is 5.78 Å². The Bertz CT molecular complexity index is 198. The number of carbonyl (C=O) groups is 2. The van der Waals surface area contributed by atoms with E-state index < -0.39 is 0 Å². The van der Waals surface area contributed by atoms with E-state index in [2.05, 4.69) is 4.74 Å². The molecule has 0 aromatic carbocycles. The summed E-state index contributed by atoms with van der Waals surface area (Å²) in [4.78, 5) is 22.2. The van der Waals surface area contributed by atoms with Gasteiger partial charge < -0.3 is 4.74 Å². The maximum absolute atomic E-state index is 11.1. The molecule has 1 aliphatic rings. The molecule has 1 fully saturated rings. The van der Waals surface area contributed by atoms with Gasteiger partial charge >= 0.3 is 5.97 Å². The van der Waals surface area contributed by atoms with E-state index in [1.807, 2.05) is 6.92 Å². The molecule has 0 unspecified atom stereocenters. The first-order valence-corrected chi connectivity index (χ1v) is 4.23. The zero-order chi connectivity index (χ0) is 9.14. The Morgan fingerprint density at radius 1 is 1.50 bits per heavy atom. The van der Waals surface area contributed by atoms with Crippen LogP contribution in [0.1, 0.15) is 26.2 Å². The lowest BCUT2D eigenvalue weighted by molar-refractivity contribution is -0.149. The summed E-state index contributed by atoms with van der Waals surface area (Å²) in [6.45, 7) is 1.99. The lowest BCUT2D eigenvalue weighted by atomic mass is 9.82. The summed E-state index contributed by atoms with van der Waals surface area (Å²) in [7, 11) is 1.37. The van der Waals surface area contributed by atoms with E-state index >= 15 is 0 Å². The van der Waals surface area contributed by atoms with Crippen LogP contribution in [0, 0.1) is 11.8 Å². The Morgan fingerprint density at radius 3 is 2.67 bits per heavy atom. The van der Waals surface area contributed by atoms with Gasteiger partial charge in [0.05, 0.1) is 13.0 Å². The number of hydrogen-bond donors (Lipinski definition) is 0. The molecule has 0 aliphatic heterocycles. The first kappa shape index (κ1) is 9.23. The van der Waals surface area contributed by atoms with Crippen LogP contribution in [0.25, 0.3) is 0 Å². The van der Waals surface area contributed by atoms with Gasteiger partial charge in [0, 0.05) is 12.8 Å². The average molecular weight is 170 g/mol. The summed E-state index contributed by atoms with van der Waals surface area (Å²) in [6.07, 6.45) is 1.78. The highest BCUT2D eigenvalue weighted by Gasteiger charge is 2.30. The van der Waals surface area contributed by atoms with Crippen LogP contribution in [0.3, 0.4) is 0 Å². The Balaban J connectivity index is 2.55. The fraction of sp³-hybridized carbons (Fsp3) is 0.778. The number of rotatable bonds is 1. The third-order valence-electron chi connectivity index (χ3n) is 2.27. The molecule has 0 spiro atoms. The Morgan fingerprint density at radius 2 is 2.17 bits per heavy atom. The Hall–Kier alpha value is -0.860. The molecule has 0 aromatic heterocycles. The minimum Gasteiger partial charge on any atom is -0.469 e. The van der Waals surface area contributed by atoms with Crippen LogP contribution < -0.4 is 0 Å². The summed E-state index contributed by atoms with van der Waals surface area (Å²) >= 11 is 0. The number of ether oxygens (including phenoxy) is 1. The van der Waals surface area contributed by atoms with Crippen molar-refractivity contribution < 1.29 is 14.3 Å². The van der Waals surface area contributed by atoms with E-state index in [1.165, 1.54) is 7.11 Å². The normalized spacial score (nSPS) is 30.0. The first-order chi connectivity index (χ1) is 5.63. The van der Waals surface area contributed by atoms with Gasteiger partial charge in [-0.1, -0.05) is 6.92 Å².